The minimum atomic E-state index is 0.0640. The Labute approximate surface area is 104 Å². The number of benzene rings is 1. The fraction of sp³-hybridized carbons (Fsp3) is 0.182. The van der Waals surface area contributed by atoms with E-state index in [4.69, 9.17) is 17.3 Å². The molecule has 6 heteroatoms. The molecule has 0 fully saturated rings. The average Bonchev–Trinajstić information content (AvgIpc) is 2.29. The van der Waals surface area contributed by atoms with E-state index in [9.17, 15) is 0 Å². The summed E-state index contributed by atoms with van der Waals surface area (Å²) in [5.41, 5.74) is 6.56. The molecular weight excluding hydrogens is 238 g/mol. The molecule has 2 aromatic rings. The Hall–Kier alpha value is -1.88. The molecule has 0 aliphatic carbocycles. The monoisotopic (exact) mass is 249 g/mol. The molecule has 17 heavy (non-hydrogen) atoms. The van der Waals surface area contributed by atoms with Crippen molar-refractivity contribution in [3.63, 3.8) is 0 Å². The summed E-state index contributed by atoms with van der Waals surface area (Å²) < 4.78 is 0. The van der Waals surface area contributed by atoms with E-state index in [1.54, 1.807) is 0 Å². The zero-order valence-electron chi connectivity index (χ0n) is 9.26. The molecule has 0 aliphatic heterocycles. The van der Waals surface area contributed by atoms with Gasteiger partial charge in [0.2, 0.25) is 11.9 Å². The van der Waals surface area contributed by atoms with E-state index >= 15 is 0 Å². The topological polar surface area (TPSA) is 76.7 Å². The molecule has 3 N–H and O–H groups in total. The molecule has 1 aromatic heterocycles. The fourth-order valence-corrected chi connectivity index (χ4v) is 1.53. The highest BCUT2D eigenvalue weighted by atomic mass is 35.5. The van der Waals surface area contributed by atoms with Gasteiger partial charge in [-0.05, 0) is 24.6 Å². The Morgan fingerprint density at radius 2 is 1.94 bits per heavy atom. The number of rotatable bonds is 3. The first-order valence-corrected chi connectivity index (χ1v) is 5.49. The van der Waals surface area contributed by atoms with Gasteiger partial charge in [0.1, 0.15) is 6.33 Å². The van der Waals surface area contributed by atoms with Crippen LogP contribution in [0.15, 0.2) is 30.6 Å². The van der Waals surface area contributed by atoms with Crippen molar-refractivity contribution >= 4 is 23.5 Å². The number of aromatic nitrogens is 3. The fourth-order valence-electron chi connectivity index (χ4n) is 1.41. The summed E-state index contributed by atoms with van der Waals surface area (Å²) in [6.07, 6.45) is 1.37. The Morgan fingerprint density at radius 1 is 1.24 bits per heavy atom. The van der Waals surface area contributed by atoms with Crippen LogP contribution in [0.2, 0.25) is 5.02 Å². The van der Waals surface area contributed by atoms with E-state index in [1.165, 1.54) is 6.33 Å². The molecular formula is C11H12ClN5. The summed E-state index contributed by atoms with van der Waals surface area (Å²) >= 11 is 5.83. The molecule has 0 amide bonds. The summed E-state index contributed by atoms with van der Waals surface area (Å²) in [7, 11) is 0. The normalized spacial score (nSPS) is 12.1. The van der Waals surface area contributed by atoms with Gasteiger partial charge in [-0.3, -0.25) is 0 Å². The summed E-state index contributed by atoms with van der Waals surface area (Å²) in [5.74, 6) is 0.658. The predicted molar refractivity (Wildman–Crippen MR) is 67.7 cm³/mol. The second-order valence-electron chi connectivity index (χ2n) is 3.58. The van der Waals surface area contributed by atoms with Crippen LogP contribution in [0.4, 0.5) is 11.9 Å². The number of nitrogen functional groups attached to an aromatic ring is 1. The zero-order chi connectivity index (χ0) is 12.3. The van der Waals surface area contributed by atoms with Gasteiger partial charge in [0, 0.05) is 5.02 Å². The van der Waals surface area contributed by atoms with Crippen molar-refractivity contribution in [2.24, 2.45) is 0 Å². The number of nitrogens with zero attached hydrogens (tertiary/aromatic N) is 3. The van der Waals surface area contributed by atoms with Crippen molar-refractivity contribution < 1.29 is 0 Å². The smallest absolute Gasteiger partial charge is 0.227 e. The van der Waals surface area contributed by atoms with Crippen LogP contribution in [-0.2, 0) is 0 Å². The van der Waals surface area contributed by atoms with E-state index in [0.29, 0.717) is 11.0 Å². The Kier molecular flexibility index (Phi) is 3.39. The van der Waals surface area contributed by atoms with Gasteiger partial charge in [-0.2, -0.15) is 4.98 Å². The molecule has 0 radical (unpaired) electrons. The van der Waals surface area contributed by atoms with Crippen molar-refractivity contribution in [3.05, 3.63) is 41.2 Å². The van der Waals surface area contributed by atoms with Gasteiger partial charge in [0.25, 0.3) is 0 Å². The minimum absolute atomic E-state index is 0.0640. The lowest BCUT2D eigenvalue weighted by Crippen LogP contribution is -2.10. The second-order valence-corrected chi connectivity index (χ2v) is 4.02. The van der Waals surface area contributed by atoms with Crippen molar-refractivity contribution in [2.45, 2.75) is 13.0 Å². The van der Waals surface area contributed by atoms with E-state index in [-0.39, 0.29) is 12.0 Å². The van der Waals surface area contributed by atoms with Crippen LogP contribution >= 0.6 is 11.6 Å². The molecule has 1 unspecified atom stereocenters. The largest absolute Gasteiger partial charge is 0.368 e. The predicted octanol–water partition coefficient (Wildman–Crippen LogP) is 2.28. The Balaban J connectivity index is 2.11. The molecule has 0 saturated heterocycles. The van der Waals surface area contributed by atoms with E-state index in [1.807, 2.05) is 31.2 Å². The average molecular weight is 250 g/mol. The lowest BCUT2D eigenvalue weighted by Gasteiger charge is -2.13. The molecule has 88 valence electrons. The van der Waals surface area contributed by atoms with Crippen LogP contribution in [0, 0.1) is 0 Å². The first-order chi connectivity index (χ1) is 8.15. The quantitative estimate of drug-likeness (QED) is 0.873. The number of halogens is 1. The highest BCUT2D eigenvalue weighted by Crippen LogP contribution is 2.18. The lowest BCUT2D eigenvalue weighted by molar-refractivity contribution is 0.855. The Bertz CT molecular complexity index is 499. The third-order valence-corrected chi connectivity index (χ3v) is 2.56. The van der Waals surface area contributed by atoms with Crippen molar-refractivity contribution in [3.8, 4) is 0 Å². The highest BCUT2D eigenvalue weighted by Gasteiger charge is 2.07. The number of hydrogen-bond acceptors (Lipinski definition) is 5. The van der Waals surface area contributed by atoms with Gasteiger partial charge >= 0.3 is 0 Å². The maximum absolute atomic E-state index is 5.83. The van der Waals surface area contributed by atoms with E-state index in [0.717, 1.165) is 5.56 Å². The van der Waals surface area contributed by atoms with Crippen molar-refractivity contribution in [2.75, 3.05) is 11.1 Å². The maximum atomic E-state index is 5.83. The summed E-state index contributed by atoms with van der Waals surface area (Å²) in [6, 6.07) is 7.65. The lowest BCUT2D eigenvalue weighted by atomic mass is 10.1. The van der Waals surface area contributed by atoms with Gasteiger partial charge in [-0.25, -0.2) is 9.97 Å². The Morgan fingerprint density at radius 3 is 2.59 bits per heavy atom. The number of anilines is 2. The van der Waals surface area contributed by atoms with Gasteiger partial charge in [-0.15, -0.1) is 0 Å². The number of hydrogen-bond donors (Lipinski definition) is 2. The van der Waals surface area contributed by atoms with Crippen LogP contribution in [-0.4, -0.2) is 15.0 Å². The van der Waals surface area contributed by atoms with Crippen LogP contribution in [0.25, 0.3) is 0 Å². The zero-order valence-corrected chi connectivity index (χ0v) is 10.0. The van der Waals surface area contributed by atoms with Crippen LogP contribution < -0.4 is 11.1 Å². The molecule has 0 bridgehead atoms. The van der Waals surface area contributed by atoms with Crippen LogP contribution in [0.3, 0.4) is 0 Å². The van der Waals surface area contributed by atoms with Gasteiger partial charge in [0.05, 0.1) is 6.04 Å². The SMILES string of the molecule is CC(Nc1ncnc(N)n1)c1ccc(Cl)cc1. The number of nitrogens with one attached hydrogen (secondary N) is 1. The van der Waals surface area contributed by atoms with Crippen LogP contribution in [0.1, 0.15) is 18.5 Å². The minimum Gasteiger partial charge on any atom is -0.368 e. The highest BCUT2D eigenvalue weighted by molar-refractivity contribution is 6.30. The molecule has 0 aliphatic rings. The van der Waals surface area contributed by atoms with E-state index in [2.05, 4.69) is 20.3 Å². The molecule has 0 spiro atoms. The third-order valence-electron chi connectivity index (χ3n) is 2.31. The molecule has 1 aromatic carbocycles. The standard InChI is InChI=1S/C11H12ClN5/c1-7(8-2-4-9(12)5-3-8)16-11-15-6-14-10(13)17-11/h2-7H,1H3,(H3,13,14,15,16,17). The van der Waals surface area contributed by atoms with Crippen molar-refractivity contribution in [1.82, 2.24) is 15.0 Å². The van der Waals surface area contributed by atoms with Crippen molar-refractivity contribution in [1.29, 1.82) is 0 Å². The second kappa shape index (κ2) is 4.97. The molecule has 1 heterocycles. The first kappa shape index (κ1) is 11.6. The van der Waals surface area contributed by atoms with Gasteiger partial charge in [-0.1, -0.05) is 23.7 Å². The van der Waals surface area contributed by atoms with Gasteiger partial charge < -0.3 is 11.1 Å². The van der Waals surface area contributed by atoms with Crippen LogP contribution in [0.5, 0.6) is 0 Å². The molecule has 1 atom stereocenters. The van der Waals surface area contributed by atoms with E-state index < -0.39 is 0 Å². The summed E-state index contributed by atoms with van der Waals surface area (Å²) in [5, 5.41) is 3.85. The first-order valence-electron chi connectivity index (χ1n) is 5.11. The summed E-state index contributed by atoms with van der Waals surface area (Å²) in [6.45, 7) is 2.00. The molecule has 2 rings (SSSR count). The van der Waals surface area contributed by atoms with Gasteiger partial charge in [0.15, 0.2) is 0 Å². The third kappa shape index (κ3) is 3.04. The molecule has 0 saturated carbocycles. The number of nitrogens with two attached hydrogens (primary N) is 1. The maximum Gasteiger partial charge on any atom is 0.227 e. The molecule has 5 nitrogen and oxygen atoms in total. The summed E-state index contributed by atoms with van der Waals surface area (Å²) in [4.78, 5) is 11.7.